The molecule has 0 aliphatic carbocycles. The Labute approximate surface area is 88.6 Å². The monoisotopic (exact) mass is 196 g/mol. The van der Waals surface area contributed by atoms with Crippen LogP contribution in [0.3, 0.4) is 0 Å². The number of nitrogens with zero attached hydrogens (tertiary/aromatic N) is 1. The van der Waals surface area contributed by atoms with Gasteiger partial charge in [0.05, 0.1) is 0 Å². The minimum absolute atomic E-state index is 0.172. The Bertz CT molecular complexity index is 477. The predicted octanol–water partition coefficient (Wildman–Crippen LogP) is 2.77. The van der Waals surface area contributed by atoms with E-state index < -0.39 is 0 Å². The molecule has 0 fully saturated rings. The highest BCUT2D eigenvalue weighted by Gasteiger charge is 2.07. The van der Waals surface area contributed by atoms with Crippen molar-refractivity contribution in [2.75, 3.05) is 0 Å². The van der Waals surface area contributed by atoms with Crippen molar-refractivity contribution in [1.82, 2.24) is 4.98 Å². The number of benzene rings is 1. The molecule has 0 saturated heterocycles. The van der Waals surface area contributed by atoms with Gasteiger partial charge in [-0.05, 0) is 11.6 Å². The van der Waals surface area contributed by atoms with Gasteiger partial charge in [0.25, 0.3) is 0 Å². The lowest BCUT2D eigenvalue weighted by atomic mass is 9.99. The fourth-order valence-corrected chi connectivity index (χ4v) is 1.50. The molecule has 0 aliphatic heterocycles. The van der Waals surface area contributed by atoms with Crippen LogP contribution in [0.2, 0.25) is 0 Å². The minimum Gasteiger partial charge on any atom is -0.294 e. The van der Waals surface area contributed by atoms with Crippen LogP contribution in [0, 0.1) is 6.92 Å². The topological polar surface area (TPSA) is 30.0 Å². The van der Waals surface area contributed by atoms with Gasteiger partial charge in [0.15, 0.2) is 5.78 Å². The van der Waals surface area contributed by atoms with Crippen LogP contribution in [0.15, 0.2) is 48.8 Å². The predicted molar refractivity (Wildman–Crippen MR) is 59.4 cm³/mol. The first kappa shape index (κ1) is 9.59. The first-order chi connectivity index (χ1) is 7.29. The molecule has 1 radical (unpaired) electrons. The number of ketones is 1. The average Bonchev–Trinajstić information content (AvgIpc) is 2.30. The SMILES string of the molecule is [CH2]C(=O)c1ccccc1-c1cccnc1. The minimum atomic E-state index is -0.172. The van der Waals surface area contributed by atoms with Crippen molar-refractivity contribution in [2.45, 2.75) is 0 Å². The Hall–Kier alpha value is -1.96. The van der Waals surface area contributed by atoms with Crippen molar-refractivity contribution >= 4 is 5.78 Å². The largest absolute Gasteiger partial charge is 0.294 e. The molecule has 0 spiro atoms. The van der Waals surface area contributed by atoms with E-state index in [0.29, 0.717) is 5.56 Å². The molecule has 1 aromatic carbocycles. The first-order valence-electron chi connectivity index (χ1n) is 4.65. The lowest BCUT2D eigenvalue weighted by Gasteiger charge is -2.05. The van der Waals surface area contributed by atoms with Gasteiger partial charge in [-0.15, -0.1) is 0 Å². The maximum Gasteiger partial charge on any atom is 0.163 e. The molecule has 2 aromatic rings. The van der Waals surface area contributed by atoms with E-state index in [9.17, 15) is 4.79 Å². The molecule has 2 heteroatoms. The maximum atomic E-state index is 11.3. The highest BCUT2D eigenvalue weighted by molar-refractivity contribution is 6.04. The van der Waals surface area contributed by atoms with Crippen LogP contribution in [-0.2, 0) is 0 Å². The molecule has 0 aliphatic rings. The third kappa shape index (κ3) is 1.94. The highest BCUT2D eigenvalue weighted by atomic mass is 16.1. The Morgan fingerprint density at radius 1 is 1.13 bits per heavy atom. The molecule has 0 atom stereocenters. The summed E-state index contributed by atoms with van der Waals surface area (Å²) in [6.07, 6.45) is 3.44. The van der Waals surface area contributed by atoms with E-state index in [1.165, 1.54) is 0 Å². The van der Waals surface area contributed by atoms with Crippen molar-refractivity contribution in [3.05, 3.63) is 61.3 Å². The molecule has 2 nitrogen and oxygen atoms in total. The zero-order valence-corrected chi connectivity index (χ0v) is 8.18. The van der Waals surface area contributed by atoms with Crippen molar-refractivity contribution in [3.8, 4) is 11.1 Å². The summed E-state index contributed by atoms with van der Waals surface area (Å²) in [6.45, 7) is 3.44. The zero-order chi connectivity index (χ0) is 10.7. The van der Waals surface area contributed by atoms with Gasteiger partial charge in [-0.3, -0.25) is 9.78 Å². The van der Waals surface area contributed by atoms with Crippen LogP contribution < -0.4 is 0 Å². The van der Waals surface area contributed by atoms with Crippen LogP contribution in [0.1, 0.15) is 10.4 Å². The van der Waals surface area contributed by atoms with Crippen LogP contribution in [0.25, 0.3) is 11.1 Å². The third-order valence-electron chi connectivity index (χ3n) is 2.20. The highest BCUT2D eigenvalue weighted by Crippen LogP contribution is 2.22. The van der Waals surface area contributed by atoms with Crippen molar-refractivity contribution in [2.24, 2.45) is 0 Å². The van der Waals surface area contributed by atoms with Gasteiger partial charge in [0.2, 0.25) is 0 Å². The lowest BCUT2D eigenvalue weighted by Crippen LogP contribution is -1.95. The molecule has 0 N–H and O–H groups in total. The van der Waals surface area contributed by atoms with E-state index in [0.717, 1.165) is 11.1 Å². The number of carbonyl (C=O) groups is 1. The van der Waals surface area contributed by atoms with Gasteiger partial charge in [-0.1, -0.05) is 30.3 Å². The summed E-state index contributed by atoms with van der Waals surface area (Å²) < 4.78 is 0. The van der Waals surface area contributed by atoms with E-state index in [4.69, 9.17) is 0 Å². The standard InChI is InChI=1S/C13H10NO/c1-10(15)12-6-2-3-7-13(12)11-5-4-8-14-9-11/h2-9H,1H2. The maximum absolute atomic E-state index is 11.3. The van der Waals surface area contributed by atoms with Crippen LogP contribution in [0.4, 0.5) is 0 Å². The van der Waals surface area contributed by atoms with Crippen LogP contribution in [0.5, 0.6) is 0 Å². The zero-order valence-electron chi connectivity index (χ0n) is 8.18. The Kier molecular flexibility index (Phi) is 2.59. The fourth-order valence-electron chi connectivity index (χ4n) is 1.50. The van der Waals surface area contributed by atoms with E-state index in [-0.39, 0.29) is 5.78 Å². The lowest BCUT2D eigenvalue weighted by molar-refractivity contribution is 0.104. The van der Waals surface area contributed by atoms with Crippen molar-refractivity contribution in [3.63, 3.8) is 0 Å². The molecule has 1 heterocycles. The molecule has 2 rings (SSSR count). The van der Waals surface area contributed by atoms with Crippen molar-refractivity contribution in [1.29, 1.82) is 0 Å². The molecule has 15 heavy (non-hydrogen) atoms. The second kappa shape index (κ2) is 4.05. The molecule has 0 bridgehead atoms. The summed E-state index contributed by atoms with van der Waals surface area (Å²) in [5, 5.41) is 0. The number of carbonyl (C=O) groups excluding carboxylic acids is 1. The summed E-state index contributed by atoms with van der Waals surface area (Å²) >= 11 is 0. The van der Waals surface area contributed by atoms with E-state index in [1.54, 1.807) is 18.5 Å². The van der Waals surface area contributed by atoms with Gasteiger partial charge in [0, 0.05) is 30.4 Å². The third-order valence-corrected chi connectivity index (χ3v) is 2.20. The van der Waals surface area contributed by atoms with Gasteiger partial charge >= 0.3 is 0 Å². The molecule has 0 saturated carbocycles. The molecule has 73 valence electrons. The summed E-state index contributed by atoms with van der Waals surface area (Å²) in [5.74, 6) is -0.172. The van der Waals surface area contributed by atoms with Gasteiger partial charge in [-0.2, -0.15) is 0 Å². The summed E-state index contributed by atoms with van der Waals surface area (Å²) in [4.78, 5) is 15.3. The number of hydrogen-bond acceptors (Lipinski definition) is 2. The van der Waals surface area contributed by atoms with E-state index in [2.05, 4.69) is 11.9 Å². The van der Waals surface area contributed by atoms with Crippen molar-refractivity contribution < 1.29 is 4.79 Å². The second-order valence-corrected chi connectivity index (χ2v) is 3.21. The van der Waals surface area contributed by atoms with Gasteiger partial charge in [0.1, 0.15) is 0 Å². The quantitative estimate of drug-likeness (QED) is 0.691. The molecule has 1 aromatic heterocycles. The number of aromatic nitrogens is 1. The Morgan fingerprint density at radius 3 is 2.60 bits per heavy atom. The number of pyridine rings is 1. The fraction of sp³-hybridized carbons (Fsp3) is 0. The number of rotatable bonds is 2. The molecule has 0 unspecified atom stereocenters. The number of hydrogen-bond donors (Lipinski definition) is 0. The average molecular weight is 196 g/mol. The summed E-state index contributed by atoms with van der Waals surface area (Å²) in [6, 6.07) is 11.2. The molecular formula is C13H10NO. The Balaban J connectivity index is 2.58. The van der Waals surface area contributed by atoms with E-state index >= 15 is 0 Å². The molecular weight excluding hydrogens is 186 g/mol. The second-order valence-electron chi connectivity index (χ2n) is 3.21. The number of Topliss-reactive ketones (excluding diaryl/α,β-unsaturated/α-hetero) is 1. The summed E-state index contributed by atoms with van der Waals surface area (Å²) in [7, 11) is 0. The van der Waals surface area contributed by atoms with E-state index in [1.807, 2.05) is 30.3 Å². The van der Waals surface area contributed by atoms with Gasteiger partial charge in [-0.25, -0.2) is 0 Å². The Morgan fingerprint density at radius 2 is 1.93 bits per heavy atom. The summed E-state index contributed by atoms with van der Waals surface area (Å²) in [5.41, 5.74) is 2.45. The van der Waals surface area contributed by atoms with Gasteiger partial charge < -0.3 is 0 Å². The smallest absolute Gasteiger partial charge is 0.163 e. The first-order valence-corrected chi connectivity index (χ1v) is 4.65. The normalized spacial score (nSPS) is 9.93. The van der Waals surface area contributed by atoms with Crippen LogP contribution >= 0.6 is 0 Å². The molecule has 0 amide bonds. The van der Waals surface area contributed by atoms with Crippen LogP contribution in [-0.4, -0.2) is 10.8 Å².